The van der Waals surface area contributed by atoms with Crippen LogP contribution in [0.2, 0.25) is 0 Å². The number of carboxylic acids is 1. The van der Waals surface area contributed by atoms with Crippen LogP contribution in [-0.2, 0) is 16.1 Å². The van der Waals surface area contributed by atoms with E-state index in [2.05, 4.69) is 5.32 Å². The molecule has 2 N–H and O–H groups in total. The van der Waals surface area contributed by atoms with Crippen molar-refractivity contribution < 1.29 is 24.2 Å². The smallest absolute Gasteiger partial charge is 0.341 e. The Morgan fingerprint density at radius 2 is 1.93 bits per heavy atom. The number of ether oxygens (including phenoxy) is 1. The summed E-state index contributed by atoms with van der Waals surface area (Å²) in [5, 5.41) is 15.0. The van der Waals surface area contributed by atoms with E-state index in [9.17, 15) is 14.4 Å². The second-order valence-corrected chi connectivity index (χ2v) is 6.73. The molecule has 2 aromatic rings. The third kappa shape index (κ3) is 7.10. The minimum atomic E-state index is -1.03. The summed E-state index contributed by atoms with van der Waals surface area (Å²) >= 11 is 1.47. The summed E-state index contributed by atoms with van der Waals surface area (Å²) in [6.07, 6.45) is 0.918. The number of nitrogens with zero attached hydrogens (tertiary/aromatic N) is 1. The van der Waals surface area contributed by atoms with Gasteiger partial charge in [0, 0.05) is 37.5 Å². The number of thiophene rings is 1. The van der Waals surface area contributed by atoms with Crippen molar-refractivity contribution in [3.05, 3.63) is 52.2 Å². The van der Waals surface area contributed by atoms with Gasteiger partial charge in [-0.05, 0) is 35.6 Å². The molecular formula is C19H22N2O5S. The number of rotatable bonds is 10. The molecule has 7 nitrogen and oxygen atoms in total. The topological polar surface area (TPSA) is 95.9 Å². The Labute approximate surface area is 161 Å². The number of benzene rings is 1. The first-order chi connectivity index (χ1) is 13.0. The highest BCUT2D eigenvalue weighted by Gasteiger charge is 2.10. The molecule has 0 aliphatic rings. The van der Waals surface area contributed by atoms with Crippen molar-refractivity contribution in [1.82, 2.24) is 10.2 Å². The average Bonchev–Trinajstić information content (AvgIpc) is 3.19. The van der Waals surface area contributed by atoms with Gasteiger partial charge in [0.15, 0.2) is 6.61 Å². The highest BCUT2D eigenvalue weighted by Crippen LogP contribution is 2.14. The first-order valence-electron chi connectivity index (χ1n) is 8.43. The SMILES string of the molecule is CN(Cc1ccc(OCC(=O)O)cc1)C(=O)CCCNC(=O)c1ccsc1. The van der Waals surface area contributed by atoms with Crippen LogP contribution in [0, 0.1) is 0 Å². The van der Waals surface area contributed by atoms with Crippen LogP contribution in [-0.4, -0.2) is 48.0 Å². The van der Waals surface area contributed by atoms with E-state index in [1.807, 2.05) is 5.38 Å². The van der Waals surface area contributed by atoms with Gasteiger partial charge in [-0.3, -0.25) is 9.59 Å². The van der Waals surface area contributed by atoms with Crippen molar-refractivity contribution in [1.29, 1.82) is 0 Å². The summed E-state index contributed by atoms with van der Waals surface area (Å²) in [5.74, 6) is -0.694. The van der Waals surface area contributed by atoms with Crippen LogP contribution in [0.3, 0.4) is 0 Å². The first kappa shape index (κ1) is 20.4. The molecule has 1 heterocycles. The lowest BCUT2D eigenvalue weighted by molar-refractivity contribution is -0.139. The van der Waals surface area contributed by atoms with E-state index in [1.165, 1.54) is 11.3 Å². The zero-order valence-electron chi connectivity index (χ0n) is 15.0. The summed E-state index contributed by atoms with van der Waals surface area (Å²) in [4.78, 5) is 36.1. The Bertz CT molecular complexity index is 759. The maximum Gasteiger partial charge on any atom is 0.341 e. The standard InChI is InChI=1S/C19H22N2O5S/c1-21(11-14-4-6-16(7-5-14)26-12-18(23)24)17(22)3-2-9-20-19(25)15-8-10-27-13-15/h4-8,10,13H,2-3,9,11-12H2,1H3,(H,20,25)(H,23,24). The van der Waals surface area contributed by atoms with Gasteiger partial charge in [-0.2, -0.15) is 11.3 Å². The van der Waals surface area contributed by atoms with Crippen molar-refractivity contribution in [2.45, 2.75) is 19.4 Å². The minimum Gasteiger partial charge on any atom is -0.482 e. The quantitative estimate of drug-likeness (QED) is 0.607. The fraction of sp³-hybridized carbons (Fsp3) is 0.316. The lowest BCUT2D eigenvalue weighted by Crippen LogP contribution is -2.28. The number of hydrogen-bond acceptors (Lipinski definition) is 5. The Morgan fingerprint density at radius 1 is 1.19 bits per heavy atom. The van der Waals surface area contributed by atoms with E-state index >= 15 is 0 Å². The predicted molar refractivity (Wildman–Crippen MR) is 102 cm³/mol. The number of carboxylic acid groups (broad SMARTS) is 1. The average molecular weight is 390 g/mol. The molecule has 1 aromatic heterocycles. The van der Waals surface area contributed by atoms with Crippen LogP contribution in [0.1, 0.15) is 28.8 Å². The summed E-state index contributed by atoms with van der Waals surface area (Å²) in [5.41, 5.74) is 1.55. The van der Waals surface area contributed by atoms with E-state index < -0.39 is 5.97 Å². The van der Waals surface area contributed by atoms with Crippen LogP contribution in [0.15, 0.2) is 41.1 Å². The molecule has 1 aromatic carbocycles. The van der Waals surface area contributed by atoms with Crippen molar-refractivity contribution in [3.63, 3.8) is 0 Å². The molecular weight excluding hydrogens is 368 g/mol. The molecule has 144 valence electrons. The molecule has 2 rings (SSSR count). The van der Waals surface area contributed by atoms with Crippen LogP contribution in [0.4, 0.5) is 0 Å². The molecule has 0 fully saturated rings. The van der Waals surface area contributed by atoms with Crippen LogP contribution >= 0.6 is 11.3 Å². The van der Waals surface area contributed by atoms with Gasteiger partial charge in [-0.25, -0.2) is 4.79 Å². The molecule has 0 radical (unpaired) electrons. The van der Waals surface area contributed by atoms with Gasteiger partial charge in [0.2, 0.25) is 5.91 Å². The molecule has 8 heteroatoms. The Kier molecular flexibility index (Phi) is 7.81. The van der Waals surface area contributed by atoms with Crippen molar-refractivity contribution in [2.24, 2.45) is 0 Å². The number of carbonyl (C=O) groups excluding carboxylic acids is 2. The molecule has 0 unspecified atom stereocenters. The zero-order valence-corrected chi connectivity index (χ0v) is 15.8. The summed E-state index contributed by atoms with van der Waals surface area (Å²) in [6.45, 7) is 0.504. The molecule has 0 atom stereocenters. The van der Waals surface area contributed by atoms with E-state index in [4.69, 9.17) is 9.84 Å². The van der Waals surface area contributed by atoms with E-state index in [-0.39, 0.29) is 18.4 Å². The van der Waals surface area contributed by atoms with Gasteiger partial charge < -0.3 is 20.1 Å². The number of amides is 2. The van der Waals surface area contributed by atoms with Crippen LogP contribution < -0.4 is 10.1 Å². The molecule has 0 saturated carbocycles. The maximum absolute atomic E-state index is 12.2. The van der Waals surface area contributed by atoms with Crippen molar-refractivity contribution in [2.75, 3.05) is 20.2 Å². The maximum atomic E-state index is 12.2. The normalized spacial score (nSPS) is 10.3. The Balaban J connectivity index is 1.68. The first-order valence-corrected chi connectivity index (χ1v) is 9.38. The third-order valence-electron chi connectivity index (χ3n) is 3.77. The van der Waals surface area contributed by atoms with Crippen molar-refractivity contribution in [3.8, 4) is 5.75 Å². The van der Waals surface area contributed by atoms with Gasteiger partial charge in [0.25, 0.3) is 5.91 Å². The highest BCUT2D eigenvalue weighted by molar-refractivity contribution is 7.08. The zero-order chi connectivity index (χ0) is 19.6. The Hall–Kier alpha value is -2.87. The lowest BCUT2D eigenvalue weighted by atomic mass is 10.2. The summed E-state index contributed by atoms with van der Waals surface area (Å²) in [7, 11) is 1.72. The lowest BCUT2D eigenvalue weighted by Gasteiger charge is -2.17. The fourth-order valence-corrected chi connectivity index (χ4v) is 2.96. The number of carbonyl (C=O) groups is 3. The molecule has 27 heavy (non-hydrogen) atoms. The Morgan fingerprint density at radius 3 is 2.56 bits per heavy atom. The van der Waals surface area contributed by atoms with E-state index in [0.29, 0.717) is 37.2 Å². The molecule has 2 amide bonds. The van der Waals surface area contributed by atoms with Gasteiger partial charge >= 0.3 is 5.97 Å². The predicted octanol–water partition coefficient (Wildman–Crippen LogP) is 2.38. The van der Waals surface area contributed by atoms with E-state index in [0.717, 1.165) is 5.56 Å². The van der Waals surface area contributed by atoms with Crippen molar-refractivity contribution >= 4 is 29.1 Å². The van der Waals surface area contributed by atoms with Gasteiger partial charge in [0.05, 0.1) is 0 Å². The molecule has 0 spiro atoms. The molecule has 0 bridgehead atoms. The van der Waals surface area contributed by atoms with Gasteiger partial charge in [0.1, 0.15) is 5.75 Å². The number of hydrogen-bond donors (Lipinski definition) is 2. The van der Waals surface area contributed by atoms with Gasteiger partial charge in [-0.15, -0.1) is 0 Å². The second-order valence-electron chi connectivity index (χ2n) is 5.95. The largest absolute Gasteiger partial charge is 0.482 e. The van der Waals surface area contributed by atoms with Gasteiger partial charge in [-0.1, -0.05) is 12.1 Å². The van der Waals surface area contributed by atoms with Crippen LogP contribution in [0.25, 0.3) is 0 Å². The van der Waals surface area contributed by atoms with Crippen LogP contribution in [0.5, 0.6) is 5.75 Å². The molecule has 0 aliphatic carbocycles. The second kappa shape index (κ2) is 10.3. The summed E-state index contributed by atoms with van der Waals surface area (Å²) in [6, 6.07) is 8.70. The number of nitrogens with one attached hydrogen (secondary N) is 1. The molecule has 0 aliphatic heterocycles. The highest BCUT2D eigenvalue weighted by atomic mass is 32.1. The summed E-state index contributed by atoms with van der Waals surface area (Å²) < 4.78 is 5.07. The van der Waals surface area contributed by atoms with E-state index in [1.54, 1.807) is 47.7 Å². The molecule has 0 saturated heterocycles. The minimum absolute atomic E-state index is 0.00835. The fourth-order valence-electron chi connectivity index (χ4n) is 2.33. The monoisotopic (exact) mass is 390 g/mol. The third-order valence-corrected chi connectivity index (χ3v) is 4.45. The number of aliphatic carboxylic acids is 1.